The van der Waals surface area contributed by atoms with Gasteiger partial charge in [0.25, 0.3) is 0 Å². The largest absolute Gasteiger partial charge is 0.508 e. The summed E-state index contributed by atoms with van der Waals surface area (Å²) >= 11 is 0. The van der Waals surface area contributed by atoms with Crippen LogP contribution in [0.15, 0.2) is 0 Å². The molecular weight excluding hydrogens is 204 g/mol. The second-order valence-corrected chi connectivity index (χ2v) is 5.53. The highest BCUT2D eigenvalue weighted by molar-refractivity contribution is 5.60. The fraction of sp³-hybridized carbons (Fsp3) is 0.923. The Kier molecular flexibility index (Phi) is 4.63. The molecule has 3 nitrogen and oxygen atoms in total. The van der Waals surface area contributed by atoms with E-state index in [2.05, 4.69) is 13.8 Å². The molecule has 0 aliphatic heterocycles. The Labute approximate surface area is 98.5 Å². The fourth-order valence-electron chi connectivity index (χ4n) is 2.56. The van der Waals surface area contributed by atoms with Crippen molar-refractivity contribution in [1.29, 1.82) is 0 Å². The lowest BCUT2D eigenvalue weighted by Gasteiger charge is -2.37. The molecule has 0 amide bonds. The minimum Gasteiger partial charge on any atom is -0.435 e. The van der Waals surface area contributed by atoms with Gasteiger partial charge in [0.1, 0.15) is 6.10 Å². The lowest BCUT2D eigenvalue weighted by molar-refractivity contribution is -0.00741. The van der Waals surface area contributed by atoms with Gasteiger partial charge < -0.3 is 9.47 Å². The monoisotopic (exact) mass is 228 g/mol. The molecule has 0 aromatic carbocycles. The first-order valence-electron chi connectivity index (χ1n) is 6.28. The van der Waals surface area contributed by atoms with Gasteiger partial charge in [-0.3, -0.25) is 0 Å². The molecule has 1 aliphatic carbocycles. The van der Waals surface area contributed by atoms with Gasteiger partial charge in [-0.1, -0.05) is 20.3 Å². The summed E-state index contributed by atoms with van der Waals surface area (Å²) in [5.74, 6) is 0.480. The van der Waals surface area contributed by atoms with E-state index in [1.807, 2.05) is 6.92 Å². The topological polar surface area (TPSA) is 35.5 Å². The van der Waals surface area contributed by atoms with Gasteiger partial charge in [0.15, 0.2) is 0 Å². The van der Waals surface area contributed by atoms with Gasteiger partial charge in [-0.05, 0) is 44.4 Å². The lowest BCUT2D eigenvalue weighted by Crippen LogP contribution is -2.32. The van der Waals surface area contributed by atoms with Crippen molar-refractivity contribution in [3.05, 3.63) is 0 Å². The average molecular weight is 228 g/mol. The zero-order chi connectivity index (χ0) is 12.2. The van der Waals surface area contributed by atoms with Gasteiger partial charge in [0.2, 0.25) is 0 Å². The third kappa shape index (κ3) is 4.03. The number of ether oxygens (including phenoxy) is 2. The molecule has 0 saturated heterocycles. The summed E-state index contributed by atoms with van der Waals surface area (Å²) in [6.07, 6.45) is 4.23. The molecule has 16 heavy (non-hydrogen) atoms. The smallest absolute Gasteiger partial charge is 0.435 e. The van der Waals surface area contributed by atoms with Gasteiger partial charge in [0, 0.05) is 0 Å². The van der Waals surface area contributed by atoms with E-state index in [-0.39, 0.29) is 6.10 Å². The van der Waals surface area contributed by atoms with Crippen LogP contribution in [0.1, 0.15) is 53.4 Å². The van der Waals surface area contributed by atoms with Gasteiger partial charge in [-0.15, -0.1) is 0 Å². The minimum atomic E-state index is -0.529. The van der Waals surface area contributed by atoms with Gasteiger partial charge in [-0.25, -0.2) is 4.79 Å². The molecule has 1 fully saturated rings. The molecule has 1 aliphatic rings. The van der Waals surface area contributed by atoms with Crippen LogP contribution in [0.25, 0.3) is 0 Å². The van der Waals surface area contributed by atoms with Gasteiger partial charge >= 0.3 is 6.16 Å². The summed E-state index contributed by atoms with van der Waals surface area (Å²) in [4.78, 5) is 11.2. The second-order valence-electron chi connectivity index (χ2n) is 5.53. The summed E-state index contributed by atoms with van der Waals surface area (Å²) in [7, 11) is 0. The summed E-state index contributed by atoms with van der Waals surface area (Å²) in [6, 6.07) is 0. The Morgan fingerprint density at radius 2 is 2.19 bits per heavy atom. The van der Waals surface area contributed by atoms with Crippen LogP contribution < -0.4 is 0 Å². The number of carbonyl (C=O) groups is 1. The molecule has 2 atom stereocenters. The lowest BCUT2D eigenvalue weighted by atomic mass is 9.71. The van der Waals surface area contributed by atoms with Crippen molar-refractivity contribution in [3.63, 3.8) is 0 Å². The highest BCUT2D eigenvalue weighted by Crippen LogP contribution is 2.40. The summed E-state index contributed by atoms with van der Waals surface area (Å²) in [6.45, 7) is 8.72. The van der Waals surface area contributed by atoms with Crippen LogP contribution in [0.4, 0.5) is 4.79 Å². The molecule has 2 unspecified atom stereocenters. The van der Waals surface area contributed by atoms with Crippen LogP contribution in [-0.4, -0.2) is 18.9 Å². The second kappa shape index (κ2) is 5.55. The Bertz CT molecular complexity index is 235. The first-order valence-corrected chi connectivity index (χ1v) is 6.28. The van der Waals surface area contributed by atoms with Gasteiger partial charge in [-0.2, -0.15) is 0 Å². The predicted octanol–water partition coefficient (Wildman–Crippen LogP) is 3.76. The van der Waals surface area contributed by atoms with E-state index in [4.69, 9.17) is 9.47 Å². The number of rotatable bonds is 3. The maximum absolute atomic E-state index is 11.2. The first kappa shape index (κ1) is 13.3. The van der Waals surface area contributed by atoms with Crippen LogP contribution in [0.3, 0.4) is 0 Å². The van der Waals surface area contributed by atoms with Crippen LogP contribution in [0.2, 0.25) is 0 Å². The Morgan fingerprint density at radius 3 is 2.75 bits per heavy atom. The number of hydrogen-bond acceptors (Lipinski definition) is 3. The molecular formula is C13H24O3. The van der Waals surface area contributed by atoms with Crippen molar-refractivity contribution in [2.45, 2.75) is 59.5 Å². The zero-order valence-electron chi connectivity index (χ0n) is 10.9. The molecule has 0 bridgehead atoms. The zero-order valence-corrected chi connectivity index (χ0v) is 10.9. The quantitative estimate of drug-likeness (QED) is 0.690. The van der Waals surface area contributed by atoms with Crippen molar-refractivity contribution < 1.29 is 14.3 Å². The van der Waals surface area contributed by atoms with Crippen molar-refractivity contribution in [3.8, 4) is 0 Å². The van der Waals surface area contributed by atoms with Crippen LogP contribution in [0, 0.1) is 11.3 Å². The molecule has 0 N–H and O–H groups in total. The van der Waals surface area contributed by atoms with Crippen molar-refractivity contribution in [2.75, 3.05) is 6.61 Å². The minimum absolute atomic E-state index is 0.0291. The van der Waals surface area contributed by atoms with E-state index in [1.54, 1.807) is 6.92 Å². The molecule has 1 saturated carbocycles. The number of carbonyl (C=O) groups excluding carboxylic acids is 1. The molecule has 0 aromatic heterocycles. The van der Waals surface area contributed by atoms with Crippen LogP contribution in [-0.2, 0) is 9.47 Å². The molecule has 0 radical (unpaired) electrons. The maximum Gasteiger partial charge on any atom is 0.508 e. The molecule has 0 spiro atoms. The Hall–Kier alpha value is -0.730. The van der Waals surface area contributed by atoms with E-state index >= 15 is 0 Å². The highest BCUT2D eigenvalue weighted by atomic mass is 16.7. The first-order chi connectivity index (χ1) is 7.44. The van der Waals surface area contributed by atoms with Crippen molar-refractivity contribution in [1.82, 2.24) is 0 Å². The molecule has 94 valence electrons. The van der Waals surface area contributed by atoms with Crippen LogP contribution >= 0.6 is 0 Å². The Morgan fingerprint density at radius 1 is 1.50 bits per heavy atom. The third-order valence-corrected chi connectivity index (χ3v) is 3.45. The summed E-state index contributed by atoms with van der Waals surface area (Å²) < 4.78 is 10.1. The molecule has 3 heteroatoms. The van der Waals surface area contributed by atoms with E-state index in [1.165, 1.54) is 12.8 Å². The molecule has 1 rings (SSSR count). The summed E-state index contributed by atoms with van der Waals surface area (Å²) in [5, 5.41) is 0. The molecule has 0 heterocycles. The molecule has 0 aromatic rings. The third-order valence-electron chi connectivity index (χ3n) is 3.45. The van der Waals surface area contributed by atoms with E-state index in [9.17, 15) is 4.79 Å². The highest BCUT2D eigenvalue weighted by Gasteiger charge is 2.32. The van der Waals surface area contributed by atoms with Gasteiger partial charge in [0.05, 0.1) is 6.61 Å². The Balaban J connectivity index is 2.41. The standard InChI is InChI=1S/C13H24O3/c1-5-15-12(14)16-10(2)11-7-6-8-13(3,4)9-11/h10-11H,5-9H2,1-4H3. The SMILES string of the molecule is CCOC(=O)OC(C)C1CCCC(C)(C)C1. The fourth-order valence-corrected chi connectivity index (χ4v) is 2.56. The van der Waals surface area contributed by atoms with Crippen molar-refractivity contribution in [2.24, 2.45) is 11.3 Å². The van der Waals surface area contributed by atoms with Crippen molar-refractivity contribution >= 4 is 6.16 Å². The summed E-state index contributed by atoms with van der Waals surface area (Å²) in [5.41, 5.74) is 0.384. The maximum atomic E-state index is 11.2. The van der Waals surface area contributed by atoms with E-state index in [0.29, 0.717) is 17.9 Å². The van der Waals surface area contributed by atoms with Crippen LogP contribution in [0.5, 0.6) is 0 Å². The predicted molar refractivity (Wildman–Crippen MR) is 63.3 cm³/mol. The van der Waals surface area contributed by atoms with E-state index in [0.717, 1.165) is 12.8 Å². The average Bonchev–Trinajstić information content (AvgIpc) is 2.16. The van der Waals surface area contributed by atoms with E-state index < -0.39 is 6.16 Å². The normalized spacial score (nSPS) is 25.9. The number of hydrogen-bond donors (Lipinski definition) is 0.